The molecule has 1 N–H and O–H groups in total. The molecule has 1 unspecified atom stereocenters. The molecular weight excluding hydrogens is 298 g/mol. The Morgan fingerprint density at radius 1 is 1.00 bits per heavy atom. The highest BCUT2D eigenvalue weighted by molar-refractivity contribution is 5.53. The summed E-state index contributed by atoms with van der Waals surface area (Å²) in [5.74, 6) is 1.71. The molecule has 0 radical (unpaired) electrons. The Morgan fingerprint density at radius 3 is 2.42 bits per heavy atom. The number of aryl methyl sites for hydroxylation is 1. The monoisotopic (exact) mass is 325 g/mol. The van der Waals surface area contributed by atoms with Crippen LogP contribution >= 0.6 is 0 Å². The van der Waals surface area contributed by atoms with E-state index in [1.807, 2.05) is 13.8 Å². The van der Waals surface area contributed by atoms with Gasteiger partial charge in [-0.05, 0) is 74.1 Å². The van der Waals surface area contributed by atoms with Gasteiger partial charge in [0.15, 0.2) is 11.5 Å². The van der Waals surface area contributed by atoms with Crippen LogP contribution in [0.2, 0.25) is 0 Å². The SMILES string of the molecule is CCOc1cc2c(cc1OCC)C(c1cccc(C)c1C)NCC2. The Bertz CT molecular complexity index is 724. The molecule has 0 saturated carbocycles. The van der Waals surface area contributed by atoms with Gasteiger partial charge in [0, 0.05) is 6.54 Å². The van der Waals surface area contributed by atoms with E-state index in [2.05, 4.69) is 49.5 Å². The largest absolute Gasteiger partial charge is 0.490 e. The number of ether oxygens (including phenoxy) is 2. The number of hydrogen-bond acceptors (Lipinski definition) is 3. The molecule has 0 fully saturated rings. The first-order valence-electron chi connectivity index (χ1n) is 8.87. The summed E-state index contributed by atoms with van der Waals surface area (Å²) in [6.45, 7) is 10.7. The normalized spacial score (nSPS) is 16.6. The van der Waals surface area contributed by atoms with Gasteiger partial charge in [0.1, 0.15) is 0 Å². The molecule has 24 heavy (non-hydrogen) atoms. The summed E-state index contributed by atoms with van der Waals surface area (Å²) >= 11 is 0. The highest BCUT2D eigenvalue weighted by Gasteiger charge is 2.25. The van der Waals surface area contributed by atoms with E-state index in [0.717, 1.165) is 24.5 Å². The molecular formula is C21H27NO2. The van der Waals surface area contributed by atoms with Crippen LogP contribution in [0, 0.1) is 13.8 Å². The number of fused-ring (bicyclic) bond motifs is 1. The summed E-state index contributed by atoms with van der Waals surface area (Å²) < 4.78 is 11.6. The fourth-order valence-electron chi connectivity index (χ4n) is 3.46. The summed E-state index contributed by atoms with van der Waals surface area (Å²) in [5.41, 5.74) is 6.70. The van der Waals surface area contributed by atoms with Crippen LogP contribution in [0.15, 0.2) is 30.3 Å². The molecule has 2 aromatic carbocycles. The van der Waals surface area contributed by atoms with Crippen LogP contribution in [0.1, 0.15) is 47.7 Å². The van der Waals surface area contributed by atoms with E-state index in [1.165, 1.54) is 27.8 Å². The number of hydrogen-bond donors (Lipinski definition) is 1. The first-order chi connectivity index (χ1) is 11.7. The van der Waals surface area contributed by atoms with Crippen LogP contribution in [0.4, 0.5) is 0 Å². The standard InChI is InChI=1S/C21H27NO2/c1-5-23-19-12-16-10-11-22-21(18(16)13-20(19)24-6-2)17-9-7-8-14(3)15(17)4/h7-9,12-13,21-22H,5-6,10-11H2,1-4H3. The predicted molar refractivity (Wildman–Crippen MR) is 98.2 cm³/mol. The molecule has 1 atom stereocenters. The van der Waals surface area contributed by atoms with Crippen molar-refractivity contribution in [3.8, 4) is 11.5 Å². The summed E-state index contributed by atoms with van der Waals surface area (Å²) in [5, 5.41) is 3.68. The molecule has 0 bridgehead atoms. The third kappa shape index (κ3) is 3.13. The van der Waals surface area contributed by atoms with Gasteiger partial charge in [0.05, 0.1) is 19.3 Å². The van der Waals surface area contributed by atoms with E-state index in [4.69, 9.17) is 9.47 Å². The van der Waals surface area contributed by atoms with Crippen molar-refractivity contribution < 1.29 is 9.47 Å². The molecule has 128 valence electrons. The smallest absolute Gasteiger partial charge is 0.161 e. The molecule has 2 aromatic rings. The lowest BCUT2D eigenvalue weighted by molar-refractivity contribution is 0.286. The van der Waals surface area contributed by atoms with Crippen LogP contribution in [-0.4, -0.2) is 19.8 Å². The highest BCUT2D eigenvalue weighted by atomic mass is 16.5. The fraction of sp³-hybridized carbons (Fsp3) is 0.429. The van der Waals surface area contributed by atoms with E-state index in [-0.39, 0.29) is 6.04 Å². The van der Waals surface area contributed by atoms with Gasteiger partial charge in [-0.2, -0.15) is 0 Å². The van der Waals surface area contributed by atoms with Gasteiger partial charge >= 0.3 is 0 Å². The average molecular weight is 325 g/mol. The zero-order valence-electron chi connectivity index (χ0n) is 15.1. The maximum atomic E-state index is 5.84. The lowest BCUT2D eigenvalue weighted by atomic mass is 9.86. The Labute approximate surface area is 145 Å². The van der Waals surface area contributed by atoms with Crippen molar-refractivity contribution >= 4 is 0 Å². The second-order valence-electron chi connectivity index (χ2n) is 6.29. The first-order valence-corrected chi connectivity index (χ1v) is 8.87. The molecule has 0 aromatic heterocycles. The molecule has 1 aliphatic heterocycles. The predicted octanol–water partition coefficient (Wildman–Crippen LogP) is 4.34. The fourth-order valence-corrected chi connectivity index (χ4v) is 3.46. The molecule has 0 aliphatic carbocycles. The number of rotatable bonds is 5. The van der Waals surface area contributed by atoms with E-state index >= 15 is 0 Å². The minimum absolute atomic E-state index is 0.212. The third-order valence-corrected chi connectivity index (χ3v) is 4.82. The van der Waals surface area contributed by atoms with Crippen molar-refractivity contribution in [3.63, 3.8) is 0 Å². The van der Waals surface area contributed by atoms with Gasteiger partial charge in [-0.15, -0.1) is 0 Å². The average Bonchev–Trinajstić information content (AvgIpc) is 2.58. The maximum absolute atomic E-state index is 5.84. The van der Waals surface area contributed by atoms with E-state index in [9.17, 15) is 0 Å². The van der Waals surface area contributed by atoms with Gasteiger partial charge < -0.3 is 14.8 Å². The van der Waals surface area contributed by atoms with Crippen LogP contribution in [0.25, 0.3) is 0 Å². The lowest BCUT2D eigenvalue weighted by Crippen LogP contribution is -2.31. The van der Waals surface area contributed by atoms with Crippen molar-refractivity contribution in [1.29, 1.82) is 0 Å². The molecule has 3 nitrogen and oxygen atoms in total. The second-order valence-corrected chi connectivity index (χ2v) is 6.29. The number of nitrogens with one attached hydrogen (secondary N) is 1. The van der Waals surface area contributed by atoms with Gasteiger partial charge in [-0.3, -0.25) is 0 Å². The zero-order valence-corrected chi connectivity index (χ0v) is 15.1. The van der Waals surface area contributed by atoms with Gasteiger partial charge in [-0.1, -0.05) is 18.2 Å². The summed E-state index contributed by atoms with van der Waals surface area (Å²) in [4.78, 5) is 0. The number of benzene rings is 2. The van der Waals surface area contributed by atoms with Gasteiger partial charge in [0.25, 0.3) is 0 Å². The zero-order chi connectivity index (χ0) is 17.1. The minimum atomic E-state index is 0.212. The third-order valence-electron chi connectivity index (χ3n) is 4.82. The Hall–Kier alpha value is -2.00. The summed E-state index contributed by atoms with van der Waals surface area (Å²) in [7, 11) is 0. The highest BCUT2D eigenvalue weighted by Crippen LogP contribution is 2.38. The van der Waals surface area contributed by atoms with Crippen molar-refractivity contribution in [3.05, 3.63) is 58.1 Å². The Morgan fingerprint density at radius 2 is 1.71 bits per heavy atom. The van der Waals surface area contributed by atoms with E-state index < -0.39 is 0 Å². The molecule has 3 heteroatoms. The van der Waals surface area contributed by atoms with Crippen LogP contribution < -0.4 is 14.8 Å². The molecule has 0 saturated heterocycles. The van der Waals surface area contributed by atoms with Gasteiger partial charge in [0.2, 0.25) is 0 Å². The molecule has 3 rings (SSSR count). The minimum Gasteiger partial charge on any atom is -0.490 e. The molecule has 0 spiro atoms. The topological polar surface area (TPSA) is 30.5 Å². The quantitative estimate of drug-likeness (QED) is 0.887. The van der Waals surface area contributed by atoms with Crippen LogP contribution in [-0.2, 0) is 6.42 Å². The molecule has 1 aliphatic rings. The van der Waals surface area contributed by atoms with Crippen molar-refractivity contribution in [1.82, 2.24) is 5.32 Å². The first kappa shape index (κ1) is 16.8. The second kappa shape index (κ2) is 7.27. The van der Waals surface area contributed by atoms with Gasteiger partial charge in [-0.25, -0.2) is 0 Å². The van der Waals surface area contributed by atoms with E-state index in [0.29, 0.717) is 13.2 Å². The lowest BCUT2D eigenvalue weighted by Gasteiger charge is -2.30. The maximum Gasteiger partial charge on any atom is 0.161 e. The molecule has 0 amide bonds. The van der Waals surface area contributed by atoms with E-state index in [1.54, 1.807) is 0 Å². The van der Waals surface area contributed by atoms with Crippen molar-refractivity contribution in [2.75, 3.05) is 19.8 Å². The molecule has 1 heterocycles. The Kier molecular flexibility index (Phi) is 5.10. The van der Waals surface area contributed by atoms with Crippen molar-refractivity contribution in [2.45, 2.75) is 40.2 Å². The van der Waals surface area contributed by atoms with Crippen LogP contribution in [0.3, 0.4) is 0 Å². The summed E-state index contributed by atoms with van der Waals surface area (Å²) in [6.07, 6.45) is 1.02. The van der Waals surface area contributed by atoms with Crippen LogP contribution in [0.5, 0.6) is 11.5 Å². The summed E-state index contributed by atoms with van der Waals surface area (Å²) in [6, 6.07) is 11.1. The van der Waals surface area contributed by atoms with Crippen molar-refractivity contribution in [2.24, 2.45) is 0 Å². The Balaban J connectivity index is 2.09.